The third kappa shape index (κ3) is 4.99. The summed E-state index contributed by atoms with van der Waals surface area (Å²) in [4.78, 5) is 37.4. The number of H-pyrrole nitrogens is 1. The number of benzene rings is 2. The van der Waals surface area contributed by atoms with Crippen LogP contribution in [0.4, 0.5) is 5.69 Å². The van der Waals surface area contributed by atoms with Crippen molar-refractivity contribution >= 4 is 28.5 Å². The summed E-state index contributed by atoms with van der Waals surface area (Å²) in [5.74, 6) is 0.427. The summed E-state index contributed by atoms with van der Waals surface area (Å²) in [7, 11) is 0. The van der Waals surface area contributed by atoms with Gasteiger partial charge >= 0.3 is 0 Å². The van der Waals surface area contributed by atoms with E-state index in [2.05, 4.69) is 35.2 Å². The maximum atomic E-state index is 13.3. The van der Waals surface area contributed by atoms with Crippen molar-refractivity contribution in [2.75, 3.05) is 31.1 Å². The molecule has 0 radical (unpaired) electrons. The molecule has 0 saturated carbocycles. The number of hydrogen-bond donors (Lipinski definition) is 2. The second-order valence-corrected chi connectivity index (χ2v) is 8.73. The Bertz CT molecular complexity index is 1090. The van der Waals surface area contributed by atoms with Crippen LogP contribution in [0, 0.1) is 5.92 Å². The van der Waals surface area contributed by atoms with Crippen LogP contribution in [0.15, 0.2) is 48.8 Å². The second-order valence-electron chi connectivity index (χ2n) is 8.73. The van der Waals surface area contributed by atoms with Crippen molar-refractivity contribution in [3.05, 3.63) is 59.9 Å². The van der Waals surface area contributed by atoms with Crippen LogP contribution in [0.1, 0.15) is 42.6 Å². The lowest BCUT2D eigenvalue weighted by molar-refractivity contribution is -0.119. The summed E-state index contributed by atoms with van der Waals surface area (Å²) < 4.78 is 0. The first-order chi connectivity index (χ1) is 15.5. The molecule has 0 aliphatic carbocycles. The van der Waals surface area contributed by atoms with Crippen LogP contribution in [-0.2, 0) is 11.3 Å². The van der Waals surface area contributed by atoms with Crippen LogP contribution < -0.4 is 10.2 Å². The fourth-order valence-electron chi connectivity index (χ4n) is 4.19. The topological polar surface area (TPSA) is 81.3 Å². The van der Waals surface area contributed by atoms with Gasteiger partial charge in [0.1, 0.15) is 0 Å². The lowest BCUT2D eigenvalue weighted by atomic mass is 10.1. The van der Waals surface area contributed by atoms with Crippen LogP contribution in [0.5, 0.6) is 0 Å². The van der Waals surface area contributed by atoms with E-state index >= 15 is 0 Å². The molecule has 1 aliphatic rings. The highest BCUT2D eigenvalue weighted by atomic mass is 16.2. The number of nitrogens with zero attached hydrogens (tertiary/aromatic N) is 3. The van der Waals surface area contributed by atoms with Crippen LogP contribution in [-0.4, -0.2) is 52.9 Å². The standard InChI is InChI=1S/C25H31N5O2/c1-18(2)14-24(31)30-12-5-11-29(13-10-26-16-20-6-3-4-7-23(20)30)25(32)19-8-9-21-22(15-19)28-17-27-21/h3-4,6-9,15,17-18,26H,5,10-14,16H2,1-2H3,(H,27,28). The summed E-state index contributed by atoms with van der Waals surface area (Å²) in [6.07, 6.45) is 2.86. The average Bonchev–Trinajstić information content (AvgIpc) is 3.23. The average molecular weight is 434 g/mol. The Balaban J connectivity index is 1.54. The minimum atomic E-state index is 0.000109. The maximum Gasteiger partial charge on any atom is 0.253 e. The van der Waals surface area contributed by atoms with Gasteiger partial charge in [0.15, 0.2) is 0 Å². The number of fused-ring (bicyclic) bond motifs is 2. The van der Waals surface area contributed by atoms with Gasteiger partial charge in [0.2, 0.25) is 5.91 Å². The molecule has 2 heterocycles. The number of carbonyl (C=O) groups is 2. The number of carbonyl (C=O) groups excluding carboxylic acids is 2. The quantitative estimate of drug-likeness (QED) is 0.662. The van der Waals surface area contributed by atoms with Crippen molar-refractivity contribution in [2.24, 2.45) is 5.92 Å². The van der Waals surface area contributed by atoms with Crippen LogP contribution in [0.25, 0.3) is 11.0 Å². The van der Waals surface area contributed by atoms with E-state index < -0.39 is 0 Å². The number of rotatable bonds is 3. The van der Waals surface area contributed by atoms with Crippen LogP contribution >= 0.6 is 0 Å². The third-order valence-electron chi connectivity index (χ3n) is 5.80. The van der Waals surface area contributed by atoms with Gasteiger partial charge in [-0.25, -0.2) is 4.98 Å². The fraction of sp³-hybridized carbons (Fsp3) is 0.400. The first-order valence-corrected chi connectivity index (χ1v) is 11.3. The number of amides is 2. The van der Waals surface area contributed by atoms with Crippen molar-refractivity contribution in [1.82, 2.24) is 20.2 Å². The number of hydrogen-bond acceptors (Lipinski definition) is 4. The summed E-state index contributed by atoms with van der Waals surface area (Å²) in [6, 6.07) is 13.6. The minimum absolute atomic E-state index is 0.000109. The molecule has 1 aliphatic heterocycles. The Morgan fingerprint density at radius 3 is 2.78 bits per heavy atom. The molecular formula is C25H31N5O2. The predicted octanol–water partition coefficient (Wildman–Crippen LogP) is 3.58. The molecule has 4 rings (SSSR count). The highest BCUT2D eigenvalue weighted by Gasteiger charge is 2.22. The normalized spacial score (nSPS) is 15.5. The summed E-state index contributed by atoms with van der Waals surface area (Å²) in [5, 5.41) is 3.45. The number of para-hydroxylation sites is 1. The Morgan fingerprint density at radius 2 is 1.94 bits per heavy atom. The SMILES string of the molecule is CC(C)CC(=O)N1CCCN(C(=O)c2ccc3nc[nH]c3c2)CCNCc2ccccc21. The molecule has 7 nitrogen and oxygen atoms in total. The first kappa shape index (κ1) is 22.0. The van der Waals surface area contributed by atoms with Crippen molar-refractivity contribution < 1.29 is 9.59 Å². The van der Waals surface area contributed by atoms with Crippen LogP contribution in [0.2, 0.25) is 0 Å². The molecule has 0 atom stereocenters. The number of nitrogens with one attached hydrogen (secondary N) is 2. The number of aromatic amines is 1. The number of anilines is 1. The van der Waals surface area contributed by atoms with Crippen molar-refractivity contribution in [3.8, 4) is 0 Å². The van der Waals surface area contributed by atoms with Gasteiger partial charge in [0, 0.05) is 50.4 Å². The lowest BCUT2D eigenvalue weighted by Crippen LogP contribution is -2.39. The Hall–Kier alpha value is -3.19. The van der Waals surface area contributed by atoms with Gasteiger partial charge in [-0.2, -0.15) is 0 Å². The molecule has 1 aromatic heterocycles. The molecule has 0 unspecified atom stereocenters. The molecule has 0 saturated heterocycles. The molecule has 0 bridgehead atoms. The highest BCUT2D eigenvalue weighted by molar-refractivity contribution is 5.97. The van der Waals surface area contributed by atoms with E-state index in [1.807, 2.05) is 46.2 Å². The van der Waals surface area contributed by atoms with Gasteiger partial charge in [0.25, 0.3) is 5.91 Å². The van der Waals surface area contributed by atoms with Crippen molar-refractivity contribution in [2.45, 2.75) is 33.2 Å². The first-order valence-electron chi connectivity index (χ1n) is 11.3. The molecule has 168 valence electrons. The molecular weight excluding hydrogens is 402 g/mol. The summed E-state index contributed by atoms with van der Waals surface area (Å²) >= 11 is 0. The molecule has 0 spiro atoms. The molecule has 2 amide bonds. The lowest BCUT2D eigenvalue weighted by Gasteiger charge is -2.27. The van der Waals surface area contributed by atoms with Gasteiger partial charge < -0.3 is 20.1 Å². The van der Waals surface area contributed by atoms with E-state index in [9.17, 15) is 9.59 Å². The van der Waals surface area contributed by atoms with Gasteiger partial charge in [-0.05, 0) is 42.2 Å². The van der Waals surface area contributed by atoms with E-state index in [-0.39, 0.29) is 11.8 Å². The fourth-order valence-corrected chi connectivity index (χ4v) is 4.19. The van der Waals surface area contributed by atoms with Gasteiger partial charge in [-0.3, -0.25) is 9.59 Å². The monoisotopic (exact) mass is 433 g/mol. The highest BCUT2D eigenvalue weighted by Crippen LogP contribution is 2.23. The van der Waals surface area contributed by atoms with E-state index in [0.29, 0.717) is 50.6 Å². The summed E-state index contributed by atoms with van der Waals surface area (Å²) in [5.41, 5.74) is 4.42. The zero-order chi connectivity index (χ0) is 22.5. The van der Waals surface area contributed by atoms with Crippen LogP contribution in [0.3, 0.4) is 0 Å². The van der Waals surface area contributed by atoms with E-state index in [0.717, 1.165) is 28.7 Å². The zero-order valence-electron chi connectivity index (χ0n) is 18.8. The molecule has 2 aromatic carbocycles. The predicted molar refractivity (Wildman–Crippen MR) is 127 cm³/mol. The zero-order valence-corrected chi connectivity index (χ0v) is 18.8. The Kier molecular flexibility index (Phi) is 6.85. The smallest absolute Gasteiger partial charge is 0.253 e. The molecule has 32 heavy (non-hydrogen) atoms. The van der Waals surface area contributed by atoms with E-state index in [1.54, 1.807) is 6.33 Å². The maximum absolute atomic E-state index is 13.3. The van der Waals surface area contributed by atoms with Gasteiger partial charge in [-0.15, -0.1) is 0 Å². The summed E-state index contributed by atoms with van der Waals surface area (Å²) in [6.45, 7) is 7.27. The van der Waals surface area contributed by atoms with Gasteiger partial charge in [0.05, 0.1) is 17.4 Å². The number of aromatic nitrogens is 2. The van der Waals surface area contributed by atoms with Gasteiger partial charge in [-0.1, -0.05) is 32.0 Å². The van der Waals surface area contributed by atoms with Crippen molar-refractivity contribution in [3.63, 3.8) is 0 Å². The Morgan fingerprint density at radius 1 is 1.09 bits per heavy atom. The minimum Gasteiger partial charge on any atom is -0.345 e. The largest absolute Gasteiger partial charge is 0.345 e. The molecule has 0 fully saturated rings. The Labute approximate surface area is 188 Å². The number of imidazole rings is 1. The molecule has 3 aromatic rings. The van der Waals surface area contributed by atoms with E-state index in [1.165, 1.54) is 0 Å². The van der Waals surface area contributed by atoms with E-state index in [4.69, 9.17) is 0 Å². The second kappa shape index (κ2) is 9.96. The molecule has 7 heteroatoms. The molecule has 2 N–H and O–H groups in total. The van der Waals surface area contributed by atoms with Crippen molar-refractivity contribution in [1.29, 1.82) is 0 Å². The third-order valence-corrected chi connectivity index (χ3v) is 5.80.